The maximum absolute atomic E-state index is 11.7. The smallest absolute Gasteiger partial charge is 0.237 e. The van der Waals surface area contributed by atoms with Crippen LogP contribution < -0.4 is 16.0 Å². The van der Waals surface area contributed by atoms with Gasteiger partial charge in [0.1, 0.15) is 0 Å². The lowest BCUT2D eigenvalue weighted by atomic mass is 10.0. The van der Waals surface area contributed by atoms with Crippen molar-refractivity contribution in [1.82, 2.24) is 16.0 Å². The van der Waals surface area contributed by atoms with Gasteiger partial charge in [-0.3, -0.25) is 9.59 Å². The van der Waals surface area contributed by atoms with Gasteiger partial charge >= 0.3 is 0 Å². The van der Waals surface area contributed by atoms with Crippen LogP contribution in [0, 0.1) is 5.92 Å². The lowest BCUT2D eigenvalue weighted by molar-refractivity contribution is -0.125. The van der Waals surface area contributed by atoms with Gasteiger partial charge in [0.15, 0.2) is 0 Å². The van der Waals surface area contributed by atoms with Gasteiger partial charge in [0.05, 0.1) is 6.04 Å². The highest BCUT2D eigenvalue weighted by Gasteiger charge is 2.19. The average Bonchev–Trinajstić information content (AvgIpc) is 2.35. The third-order valence-corrected chi connectivity index (χ3v) is 2.87. The zero-order valence-corrected chi connectivity index (χ0v) is 10.7. The summed E-state index contributed by atoms with van der Waals surface area (Å²) in [5, 5.41) is 8.78. The molecule has 5 heteroatoms. The highest BCUT2D eigenvalue weighted by molar-refractivity contribution is 5.82. The number of rotatable bonds is 5. The second-order valence-corrected chi connectivity index (χ2v) is 4.74. The first-order valence-electron chi connectivity index (χ1n) is 6.40. The van der Waals surface area contributed by atoms with Crippen molar-refractivity contribution >= 4 is 11.8 Å². The first-order chi connectivity index (χ1) is 8.11. The lowest BCUT2D eigenvalue weighted by Gasteiger charge is -2.22. The predicted octanol–water partition coefficient (Wildman–Crippen LogP) is 0.0169. The molecule has 0 aromatic heterocycles. The Hall–Kier alpha value is -1.10. The van der Waals surface area contributed by atoms with E-state index in [4.69, 9.17) is 0 Å². The Balaban J connectivity index is 2.09. The molecular formula is C12H23N3O2. The highest BCUT2D eigenvalue weighted by Crippen LogP contribution is 2.06. The van der Waals surface area contributed by atoms with Crippen LogP contribution in [0.2, 0.25) is 0 Å². The minimum atomic E-state index is -0.0513. The Labute approximate surface area is 103 Å². The van der Waals surface area contributed by atoms with E-state index in [0.29, 0.717) is 13.1 Å². The molecule has 98 valence electrons. The number of piperidine rings is 1. The molecule has 0 aromatic rings. The number of nitrogens with one attached hydrogen (secondary N) is 3. The zero-order valence-electron chi connectivity index (χ0n) is 10.7. The highest BCUT2D eigenvalue weighted by atomic mass is 16.2. The molecule has 1 heterocycles. The maximum Gasteiger partial charge on any atom is 0.237 e. The summed E-state index contributed by atoms with van der Waals surface area (Å²) in [5.74, 6) is 0.0595. The third-order valence-electron chi connectivity index (χ3n) is 2.87. The minimum Gasteiger partial charge on any atom is -0.354 e. The van der Waals surface area contributed by atoms with Crippen LogP contribution in [0.3, 0.4) is 0 Å². The number of carbonyl (C=O) groups excluding carboxylic acids is 2. The summed E-state index contributed by atoms with van der Waals surface area (Å²) in [6.07, 6.45) is 3.16. The molecule has 0 aromatic carbocycles. The number of carbonyl (C=O) groups is 2. The van der Waals surface area contributed by atoms with Crippen LogP contribution in [0.5, 0.6) is 0 Å². The van der Waals surface area contributed by atoms with Crippen molar-refractivity contribution in [1.29, 1.82) is 0 Å². The van der Waals surface area contributed by atoms with Gasteiger partial charge < -0.3 is 16.0 Å². The van der Waals surface area contributed by atoms with Gasteiger partial charge in [-0.05, 0) is 19.4 Å². The molecule has 3 N–H and O–H groups in total. The molecule has 0 unspecified atom stereocenters. The van der Waals surface area contributed by atoms with Crippen LogP contribution in [0.25, 0.3) is 0 Å². The van der Waals surface area contributed by atoms with Gasteiger partial charge in [-0.1, -0.05) is 20.3 Å². The van der Waals surface area contributed by atoms with Gasteiger partial charge in [0.2, 0.25) is 11.8 Å². The Morgan fingerprint density at radius 2 is 1.94 bits per heavy atom. The predicted molar refractivity (Wildman–Crippen MR) is 66.5 cm³/mol. The van der Waals surface area contributed by atoms with Crippen molar-refractivity contribution in [2.45, 2.75) is 39.2 Å². The van der Waals surface area contributed by atoms with E-state index < -0.39 is 0 Å². The van der Waals surface area contributed by atoms with Crippen molar-refractivity contribution in [3.8, 4) is 0 Å². The van der Waals surface area contributed by atoms with Crippen LogP contribution in [-0.4, -0.2) is 37.5 Å². The van der Waals surface area contributed by atoms with Crippen molar-refractivity contribution in [3.05, 3.63) is 0 Å². The number of hydrogen-bond donors (Lipinski definition) is 3. The molecule has 5 nitrogen and oxygen atoms in total. The number of amides is 2. The Morgan fingerprint density at radius 1 is 1.24 bits per heavy atom. The maximum atomic E-state index is 11.7. The minimum absolute atomic E-state index is 0.00860. The molecule has 1 aliphatic heterocycles. The number of hydrogen-bond acceptors (Lipinski definition) is 3. The van der Waals surface area contributed by atoms with E-state index in [-0.39, 0.29) is 23.8 Å². The molecule has 0 saturated carbocycles. The van der Waals surface area contributed by atoms with Gasteiger partial charge in [-0.15, -0.1) is 0 Å². The second-order valence-electron chi connectivity index (χ2n) is 4.74. The molecule has 17 heavy (non-hydrogen) atoms. The Bertz CT molecular complexity index is 260. The summed E-state index contributed by atoms with van der Waals surface area (Å²) in [4.78, 5) is 22.9. The normalized spacial score (nSPS) is 20.1. The summed E-state index contributed by atoms with van der Waals surface area (Å²) in [6.45, 7) is 5.60. The first-order valence-corrected chi connectivity index (χ1v) is 6.40. The fourth-order valence-electron chi connectivity index (χ4n) is 1.77. The van der Waals surface area contributed by atoms with Crippen LogP contribution >= 0.6 is 0 Å². The summed E-state index contributed by atoms with van der Waals surface area (Å²) in [6, 6.07) is -0.0513. The summed E-state index contributed by atoms with van der Waals surface area (Å²) >= 11 is 0. The van der Waals surface area contributed by atoms with Crippen molar-refractivity contribution < 1.29 is 9.59 Å². The standard InChI is InChI=1S/C12H23N3O2/c1-9(2)11(16)14-7-8-15-12(17)10-5-3-4-6-13-10/h9-10,13H,3-8H2,1-2H3,(H,14,16)(H,15,17)/t10-/m0/s1. The van der Waals surface area contributed by atoms with E-state index in [0.717, 1.165) is 25.8 Å². The average molecular weight is 241 g/mol. The largest absolute Gasteiger partial charge is 0.354 e. The van der Waals surface area contributed by atoms with Gasteiger partial charge in [-0.25, -0.2) is 0 Å². The third kappa shape index (κ3) is 5.17. The van der Waals surface area contributed by atoms with E-state index in [1.54, 1.807) is 0 Å². The second kappa shape index (κ2) is 7.27. The molecule has 1 rings (SSSR count). The van der Waals surface area contributed by atoms with Crippen molar-refractivity contribution in [2.24, 2.45) is 5.92 Å². The fourth-order valence-corrected chi connectivity index (χ4v) is 1.77. The summed E-state index contributed by atoms with van der Waals surface area (Å²) in [5.41, 5.74) is 0. The topological polar surface area (TPSA) is 70.2 Å². The molecular weight excluding hydrogens is 218 g/mol. The van der Waals surface area contributed by atoms with Gasteiger partial charge in [0.25, 0.3) is 0 Å². The fraction of sp³-hybridized carbons (Fsp3) is 0.833. The zero-order chi connectivity index (χ0) is 12.7. The Morgan fingerprint density at radius 3 is 2.53 bits per heavy atom. The summed E-state index contributed by atoms with van der Waals surface area (Å²) < 4.78 is 0. The van der Waals surface area contributed by atoms with E-state index in [1.807, 2.05) is 13.8 Å². The molecule has 1 saturated heterocycles. The molecule has 2 amide bonds. The lowest BCUT2D eigenvalue weighted by Crippen LogP contribution is -2.48. The quantitative estimate of drug-likeness (QED) is 0.594. The van der Waals surface area contributed by atoms with Crippen LogP contribution in [0.1, 0.15) is 33.1 Å². The molecule has 0 bridgehead atoms. The molecule has 0 spiro atoms. The molecule has 0 radical (unpaired) electrons. The van der Waals surface area contributed by atoms with E-state index in [1.165, 1.54) is 0 Å². The molecule has 1 atom stereocenters. The summed E-state index contributed by atoms with van der Waals surface area (Å²) in [7, 11) is 0. The van der Waals surface area contributed by atoms with E-state index in [2.05, 4.69) is 16.0 Å². The SMILES string of the molecule is CC(C)C(=O)NCCNC(=O)[C@@H]1CCCCN1. The van der Waals surface area contributed by atoms with E-state index in [9.17, 15) is 9.59 Å². The molecule has 1 fully saturated rings. The first kappa shape index (κ1) is 14.0. The molecule has 1 aliphatic rings. The van der Waals surface area contributed by atoms with Crippen LogP contribution in [0.4, 0.5) is 0 Å². The van der Waals surface area contributed by atoms with Crippen LogP contribution in [0.15, 0.2) is 0 Å². The van der Waals surface area contributed by atoms with Crippen molar-refractivity contribution in [2.75, 3.05) is 19.6 Å². The van der Waals surface area contributed by atoms with Crippen LogP contribution in [-0.2, 0) is 9.59 Å². The van der Waals surface area contributed by atoms with Gasteiger partial charge in [0, 0.05) is 19.0 Å². The monoisotopic (exact) mass is 241 g/mol. The van der Waals surface area contributed by atoms with Crippen molar-refractivity contribution in [3.63, 3.8) is 0 Å². The van der Waals surface area contributed by atoms with E-state index >= 15 is 0 Å². The molecule has 0 aliphatic carbocycles. The Kier molecular flexibility index (Phi) is 5.97. The van der Waals surface area contributed by atoms with Gasteiger partial charge in [-0.2, -0.15) is 0 Å².